The molecular weight excluding hydrogens is 262 g/mol. The first-order valence-electron chi connectivity index (χ1n) is 7.80. The summed E-state index contributed by atoms with van der Waals surface area (Å²) < 4.78 is 0. The number of nitrogens with zero attached hydrogens (tertiary/aromatic N) is 2. The maximum atomic E-state index is 12.2. The molecule has 4 heteroatoms. The molecule has 116 valence electrons. The maximum absolute atomic E-state index is 12.2. The fourth-order valence-electron chi connectivity index (χ4n) is 2.82. The van der Waals surface area contributed by atoms with Crippen molar-refractivity contribution in [2.24, 2.45) is 0 Å². The van der Waals surface area contributed by atoms with Crippen LogP contribution in [-0.4, -0.2) is 55.0 Å². The Morgan fingerprint density at radius 2 is 1.86 bits per heavy atom. The van der Waals surface area contributed by atoms with Crippen LogP contribution in [0.4, 0.5) is 5.69 Å². The van der Waals surface area contributed by atoms with Gasteiger partial charge in [-0.25, -0.2) is 0 Å². The largest absolute Gasteiger partial charge is 0.382 e. The van der Waals surface area contributed by atoms with Crippen LogP contribution in [-0.2, 0) is 0 Å². The van der Waals surface area contributed by atoms with Crippen molar-refractivity contribution in [3.05, 3.63) is 29.8 Å². The number of hydrogen-bond donors (Lipinski definition) is 1. The van der Waals surface area contributed by atoms with Gasteiger partial charge in [-0.2, -0.15) is 0 Å². The molecule has 1 saturated heterocycles. The Morgan fingerprint density at radius 3 is 2.43 bits per heavy atom. The quantitative estimate of drug-likeness (QED) is 0.925. The average Bonchev–Trinajstić information content (AvgIpc) is 2.47. The zero-order valence-corrected chi connectivity index (χ0v) is 13.6. The first kappa shape index (κ1) is 15.8. The Labute approximate surface area is 128 Å². The molecule has 0 atom stereocenters. The van der Waals surface area contributed by atoms with E-state index in [2.05, 4.69) is 24.1 Å². The summed E-state index contributed by atoms with van der Waals surface area (Å²) in [5, 5.41) is 3.57. The molecule has 1 N–H and O–H groups in total. The lowest BCUT2D eigenvalue weighted by Crippen LogP contribution is -2.42. The Bertz CT molecular complexity index is 477. The van der Waals surface area contributed by atoms with E-state index in [0.717, 1.165) is 37.2 Å². The van der Waals surface area contributed by atoms with Crippen LogP contribution < -0.4 is 5.32 Å². The second kappa shape index (κ2) is 6.94. The molecule has 1 aromatic rings. The average molecular weight is 289 g/mol. The van der Waals surface area contributed by atoms with Crippen molar-refractivity contribution < 1.29 is 4.79 Å². The van der Waals surface area contributed by atoms with Gasteiger partial charge in [0.2, 0.25) is 0 Å². The van der Waals surface area contributed by atoms with Crippen molar-refractivity contribution in [3.8, 4) is 0 Å². The lowest BCUT2D eigenvalue weighted by atomic mass is 10.0. The van der Waals surface area contributed by atoms with Crippen LogP contribution in [0.5, 0.6) is 0 Å². The maximum Gasteiger partial charge on any atom is 0.255 e. The fraction of sp³-hybridized carbons (Fsp3) is 0.588. The molecule has 1 aliphatic rings. The molecule has 1 amide bonds. The van der Waals surface area contributed by atoms with Gasteiger partial charge in [0.05, 0.1) is 5.56 Å². The summed E-state index contributed by atoms with van der Waals surface area (Å²) in [5.74, 6) is 0.0534. The van der Waals surface area contributed by atoms with E-state index in [1.54, 1.807) is 19.0 Å². The summed E-state index contributed by atoms with van der Waals surface area (Å²) in [6.07, 6.45) is 2.26. The summed E-state index contributed by atoms with van der Waals surface area (Å²) in [6.45, 7) is 6.75. The molecule has 0 bridgehead atoms. The molecular formula is C17H27N3O. The van der Waals surface area contributed by atoms with Gasteiger partial charge in [-0.15, -0.1) is 0 Å². The summed E-state index contributed by atoms with van der Waals surface area (Å²) in [6, 6.07) is 8.88. The van der Waals surface area contributed by atoms with Crippen LogP contribution in [0.2, 0.25) is 0 Å². The molecule has 1 fully saturated rings. The topological polar surface area (TPSA) is 35.6 Å². The Hall–Kier alpha value is -1.55. The van der Waals surface area contributed by atoms with E-state index >= 15 is 0 Å². The van der Waals surface area contributed by atoms with Gasteiger partial charge in [0.15, 0.2) is 0 Å². The molecule has 0 aromatic heterocycles. The number of benzene rings is 1. The smallest absolute Gasteiger partial charge is 0.255 e. The zero-order chi connectivity index (χ0) is 15.4. The highest BCUT2D eigenvalue weighted by Gasteiger charge is 2.22. The SMILES string of the molecule is CC(C)N1CCC(Nc2ccccc2C(=O)N(C)C)CC1. The minimum absolute atomic E-state index is 0.0534. The van der Waals surface area contributed by atoms with Gasteiger partial charge in [-0.3, -0.25) is 4.79 Å². The number of amides is 1. The molecule has 0 radical (unpaired) electrons. The van der Waals surface area contributed by atoms with Gasteiger partial charge >= 0.3 is 0 Å². The van der Waals surface area contributed by atoms with E-state index < -0.39 is 0 Å². The minimum atomic E-state index is 0.0534. The van der Waals surface area contributed by atoms with E-state index in [9.17, 15) is 4.79 Å². The monoisotopic (exact) mass is 289 g/mol. The molecule has 0 aliphatic carbocycles. The van der Waals surface area contributed by atoms with Crippen molar-refractivity contribution in [2.45, 2.75) is 38.8 Å². The molecule has 1 aromatic carbocycles. The Balaban J connectivity index is 2.03. The molecule has 1 aliphatic heterocycles. The number of carbonyl (C=O) groups excluding carboxylic acids is 1. The van der Waals surface area contributed by atoms with Gasteiger partial charge in [0.1, 0.15) is 0 Å². The van der Waals surface area contributed by atoms with Crippen molar-refractivity contribution in [1.29, 1.82) is 0 Å². The number of hydrogen-bond acceptors (Lipinski definition) is 3. The van der Waals surface area contributed by atoms with E-state index in [1.807, 2.05) is 24.3 Å². The third-order valence-corrected chi connectivity index (χ3v) is 4.18. The van der Waals surface area contributed by atoms with Gasteiger partial charge in [-0.05, 0) is 38.8 Å². The van der Waals surface area contributed by atoms with E-state index in [0.29, 0.717) is 12.1 Å². The van der Waals surface area contributed by atoms with Gasteiger partial charge in [0.25, 0.3) is 5.91 Å². The van der Waals surface area contributed by atoms with Crippen molar-refractivity contribution >= 4 is 11.6 Å². The summed E-state index contributed by atoms with van der Waals surface area (Å²) in [4.78, 5) is 16.4. The van der Waals surface area contributed by atoms with Crippen LogP contribution in [0.1, 0.15) is 37.0 Å². The summed E-state index contributed by atoms with van der Waals surface area (Å²) in [5.41, 5.74) is 1.72. The van der Waals surface area contributed by atoms with Crippen LogP contribution in [0.25, 0.3) is 0 Å². The lowest BCUT2D eigenvalue weighted by Gasteiger charge is -2.35. The highest BCUT2D eigenvalue weighted by molar-refractivity contribution is 5.99. The van der Waals surface area contributed by atoms with Gasteiger partial charge in [0, 0.05) is 45.0 Å². The van der Waals surface area contributed by atoms with Gasteiger partial charge < -0.3 is 15.1 Å². The molecule has 1 heterocycles. The van der Waals surface area contributed by atoms with Crippen LogP contribution in [0.15, 0.2) is 24.3 Å². The zero-order valence-electron chi connectivity index (χ0n) is 13.6. The second-order valence-corrected chi connectivity index (χ2v) is 6.29. The third kappa shape index (κ3) is 3.97. The second-order valence-electron chi connectivity index (χ2n) is 6.29. The van der Waals surface area contributed by atoms with Crippen molar-refractivity contribution in [2.75, 3.05) is 32.5 Å². The van der Waals surface area contributed by atoms with Gasteiger partial charge in [-0.1, -0.05) is 12.1 Å². The molecule has 2 rings (SSSR count). The lowest BCUT2D eigenvalue weighted by molar-refractivity contribution is 0.0828. The van der Waals surface area contributed by atoms with Crippen molar-refractivity contribution in [3.63, 3.8) is 0 Å². The van der Waals surface area contributed by atoms with E-state index in [4.69, 9.17) is 0 Å². The van der Waals surface area contributed by atoms with Crippen LogP contribution >= 0.6 is 0 Å². The highest BCUT2D eigenvalue weighted by atomic mass is 16.2. The van der Waals surface area contributed by atoms with E-state index in [-0.39, 0.29) is 5.91 Å². The standard InChI is InChI=1S/C17H27N3O/c1-13(2)20-11-9-14(10-12-20)18-16-8-6-5-7-15(16)17(21)19(3)4/h5-8,13-14,18H,9-12H2,1-4H3. The molecule has 21 heavy (non-hydrogen) atoms. The van der Waals surface area contributed by atoms with Crippen LogP contribution in [0.3, 0.4) is 0 Å². The third-order valence-electron chi connectivity index (χ3n) is 4.18. The normalized spacial score (nSPS) is 17.0. The number of rotatable bonds is 4. The predicted octanol–water partition coefficient (Wildman–Crippen LogP) is 2.67. The van der Waals surface area contributed by atoms with Crippen molar-refractivity contribution in [1.82, 2.24) is 9.80 Å². The predicted molar refractivity (Wildman–Crippen MR) is 87.8 cm³/mol. The summed E-state index contributed by atoms with van der Waals surface area (Å²) in [7, 11) is 3.58. The number of nitrogens with one attached hydrogen (secondary N) is 1. The molecule has 4 nitrogen and oxygen atoms in total. The fourth-order valence-corrected chi connectivity index (χ4v) is 2.82. The minimum Gasteiger partial charge on any atom is -0.382 e. The summed E-state index contributed by atoms with van der Waals surface area (Å²) >= 11 is 0. The number of anilines is 1. The molecule has 0 spiro atoms. The first-order chi connectivity index (χ1) is 9.99. The van der Waals surface area contributed by atoms with E-state index in [1.165, 1.54) is 0 Å². The number of para-hydroxylation sites is 1. The Kier molecular flexibility index (Phi) is 5.23. The van der Waals surface area contributed by atoms with Crippen LogP contribution in [0, 0.1) is 0 Å². The molecule has 0 unspecified atom stereocenters. The molecule has 0 saturated carbocycles. The Morgan fingerprint density at radius 1 is 1.24 bits per heavy atom. The number of piperidine rings is 1. The number of likely N-dealkylation sites (tertiary alicyclic amines) is 1. The highest BCUT2D eigenvalue weighted by Crippen LogP contribution is 2.22. The number of carbonyl (C=O) groups is 1. The first-order valence-corrected chi connectivity index (χ1v) is 7.80.